The van der Waals surface area contributed by atoms with Gasteiger partial charge in [-0.05, 0) is 44.0 Å². The number of carbonyl (C=O) groups is 1. The molecule has 128 valence electrons. The number of alkyl halides is 1. The summed E-state index contributed by atoms with van der Waals surface area (Å²) in [7, 11) is 0. The molecule has 1 aliphatic carbocycles. The maximum atomic E-state index is 13.6. The second kappa shape index (κ2) is 6.32. The highest BCUT2D eigenvalue weighted by atomic mass is 19.1. The largest absolute Gasteiger partial charge is 0.393 e. The Morgan fingerprint density at radius 1 is 1.42 bits per heavy atom. The third-order valence-electron chi connectivity index (χ3n) is 4.42. The molecule has 2 aromatic rings. The normalized spacial score (nSPS) is 22.9. The fraction of sp³-hybridized carbons (Fsp3) is 0.412. The van der Waals surface area contributed by atoms with Gasteiger partial charge >= 0.3 is 0 Å². The second-order valence-corrected chi connectivity index (χ2v) is 6.29. The van der Waals surface area contributed by atoms with Crippen LogP contribution >= 0.6 is 0 Å². The number of hydrogen-bond donors (Lipinski definition) is 2. The van der Waals surface area contributed by atoms with Gasteiger partial charge in [-0.2, -0.15) is 5.10 Å². The number of aliphatic hydroxyl groups is 1. The molecule has 3 rings (SSSR count). The van der Waals surface area contributed by atoms with Crippen molar-refractivity contribution in [2.45, 2.75) is 32.0 Å². The van der Waals surface area contributed by atoms with Crippen LogP contribution in [-0.2, 0) is 11.3 Å². The summed E-state index contributed by atoms with van der Waals surface area (Å²) in [4.78, 5) is 12.0. The van der Waals surface area contributed by atoms with E-state index in [4.69, 9.17) is 5.11 Å². The van der Waals surface area contributed by atoms with Crippen molar-refractivity contribution in [3.05, 3.63) is 47.5 Å². The molecule has 0 radical (unpaired) electrons. The summed E-state index contributed by atoms with van der Waals surface area (Å²) >= 11 is 0. The lowest BCUT2D eigenvalue weighted by Gasteiger charge is -2.38. The highest BCUT2D eigenvalue weighted by Gasteiger charge is 2.47. The minimum Gasteiger partial charge on any atom is -0.393 e. The van der Waals surface area contributed by atoms with E-state index in [-0.39, 0.29) is 24.6 Å². The summed E-state index contributed by atoms with van der Waals surface area (Å²) in [6, 6.07) is 5.95. The van der Waals surface area contributed by atoms with Gasteiger partial charge in [0.15, 0.2) is 0 Å². The minimum absolute atomic E-state index is 0.0587. The van der Waals surface area contributed by atoms with Crippen molar-refractivity contribution < 1.29 is 18.7 Å². The number of nitrogens with zero attached hydrogens (tertiary/aromatic N) is 2. The third-order valence-corrected chi connectivity index (χ3v) is 4.42. The zero-order valence-electron chi connectivity index (χ0n) is 13.3. The molecule has 0 spiro atoms. The average Bonchev–Trinajstić information content (AvgIpc) is 2.91. The lowest BCUT2D eigenvalue weighted by molar-refractivity contribution is -0.136. The molecule has 0 saturated heterocycles. The van der Waals surface area contributed by atoms with E-state index in [0.717, 1.165) is 16.9 Å². The molecule has 0 aliphatic heterocycles. The molecule has 1 fully saturated rings. The van der Waals surface area contributed by atoms with Crippen LogP contribution in [0.3, 0.4) is 0 Å². The van der Waals surface area contributed by atoms with Crippen LogP contribution in [0.15, 0.2) is 30.5 Å². The van der Waals surface area contributed by atoms with Gasteiger partial charge in [0.1, 0.15) is 11.5 Å². The number of carbonyl (C=O) groups excluding carboxylic acids is 1. The molecule has 24 heavy (non-hydrogen) atoms. The molecule has 0 atom stereocenters. The average molecular weight is 335 g/mol. The number of rotatable bonds is 5. The van der Waals surface area contributed by atoms with Gasteiger partial charge in [0.05, 0.1) is 18.0 Å². The predicted molar refractivity (Wildman–Crippen MR) is 83.8 cm³/mol. The number of aliphatic hydroxyl groups excluding tert-OH is 1. The Kier molecular flexibility index (Phi) is 4.36. The van der Waals surface area contributed by atoms with Crippen molar-refractivity contribution in [1.82, 2.24) is 15.1 Å². The fourth-order valence-electron chi connectivity index (χ4n) is 2.86. The van der Waals surface area contributed by atoms with E-state index >= 15 is 0 Å². The number of nitrogens with one attached hydrogen (secondary N) is 1. The molecule has 1 amide bonds. The van der Waals surface area contributed by atoms with Crippen LogP contribution in [0.25, 0.3) is 5.69 Å². The Morgan fingerprint density at radius 3 is 2.71 bits per heavy atom. The van der Waals surface area contributed by atoms with E-state index in [2.05, 4.69) is 10.4 Å². The highest BCUT2D eigenvalue weighted by Crippen LogP contribution is 2.40. The van der Waals surface area contributed by atoms with Crippen LogP contribution in [0, 0.1) is 18.7 Å². The molecule has 1 heterocycles. The minimum atomic E-state index is -1.61. The van der Waals surface area contributed by atoms with E-state index < -0.39 is 18.2 Å². The number of halogens is 2. The number of hydrogen-bond acceptors (Lipinski definition) is 3. The van der Waals surface area contributed by atoms with Crippen LogP contribution in [0.4, 0.5) is 8.78 Å². The Hall–Kier alpha value is -2.28. The van der Waals surface area contributed by atoms with Crippen molar-refractivity contribution in [1.29, 1.82) is 0 Å². The van der Waals surface area contributed by atoms with Gasteiger partial charge in [-0.3, -0.25) is 4.79 Å². The van der Waals surface area contributed by atoms with Crippen molar-refractivity contribution >= 4 is 5.91 Å². The lowest BCUT2D eigenvalue weighted by atomic mass is 9.72. The monoisotopic (exact) mass is 335 g/mol. The molecule has 7 heteroatoms. The van der Waals surface area contributed by atoms with Crippen molar-refractivity contribution in [2.24, 2.45) is 5.92 Å². The summed E-state index contributed by atoms with van der Waals surface area (Å²) in [6.07, 6.45) is 1.89. The topological polar surface area (TPSA) is 67.2 Å². The lowest BCUT2D eigenvalue weighted by Crippen LogP contribution is -2.49. The molecule has 0 bridgehead atoms. The van der Waals surface area contributed by atoms with Gasteiger partial charge < -0.3 is 10.4 Å². The smallest absolute Gasteiger partial charge is 0.223 e. The molecule has 1 saturated carbocycles. The van der Waals surface area contributed by atoms with Crippen LogP contribution in [-0.4, -0.2) is 33.1 Å². The molecule has 1 aromatic heterocycles. The summed E-state index contributed by atoms with van der Waals surface area (Å²) < 4.78 is 28.2. The number of aromatic nitrogens is 2. The van der Waals surface area contributed by atoms with Gasteiger partial charge in [-0.25, -0.2) is 13.5 Å². The number of benzene rings is 1. The zero-order chi connectivity index (χ0) is 17.3. The molecular weight excluding hydrogens is 316 g/mol. The predicted octanol–water partition coefficient (Wildman–Crippen LogP) is 2.05. The molecular formula is C17H19F2N3O2. The van der Waals surface area contributed by atoms with Gasteiger partial charge in [0.25, 0.3) is 0 Å². The van der Waals surface area contributed by atoms with Gasteiger partial charge in [0, 0.05) is 24.2 Å². The van der Waals surface area contributed by atoms with E-state index in [1.54, 1.807) is 23.0 Å². The molecule has 1 aromatic carbocycles. The Morgan fingerprint density at radius 2 is 2.08 bits per heavy atom. The van der Waals surface area contributed by atoms with Crippen LogP contribution < -0.4 is 5.32 Å². The van der Waals surface area contributed by atoms with E-state index in [9.17, 15) is 13.6 Å². The quantitative estimate of drug-likeness (QED) is 0.879. The first kappa shape index (κ1) is 16.6. The van der Waals surface area contributed by atoms with E-state index in [1.807, 2.05) is 6.92 Å². The van der Waals surface area contributed by atoms with E-state index in [1.165, 1.54) is 12.1 Å². The van der Waals surface area contributed by atoms with Gasteiger partial charge in [0.2, 0.25) is 5.91 Å². The van der Waals surface area contributed by atoms with Crippen LogP contribution in [0.2, 0.25) is 0 Å². The summed E-state index contributed by atoms with van der Waals surface area (Å²) in [5.74, 6) is -0.928. The Labute approximate surface area is 138 Å². The standard InChI is InChI=1S/C17H19F2N3O2/c1-11-13(8-20-16(24)12-6-17(19,7-12)10-23)9-22(21-11)15-4-2-14(18)3-5-15/h2-5,9,12,23H,6-8,10H2,1H3,(H,20,24). The summed E-state index contributed by atoms with van der Waals surface area (Å²) in [5.41, 5.74) is 0.705. The second-order valence-electron chi connectivity index (χ2n) is 6.29. The molecule has 0 unspecified atom stereocenters. The van der Waals surface area contributed by atoms with Crippen LogP contribution in [0.5, 0.6) is 0 Å². The highest BCUT2D eigenvalue weighted by molar-refractivity contribution is 5.80. The summed E-state index contributed by atoms with van der Waals surface area (Å²) in [5, 5.41) is 16.0. The van der Waals surface area contributed by atoms with Gasteiger partial charge in [-0.15, -0.1) is 0 Å². The zero-order valence-corrected chi connectivity index (χ0v) is 13.3. The van der Waals surface area contributed by atoms with Crippen molar-refractivity contribution in [3.8, 4) is 5.69 Å². The van der Waals surface area contributed by atoms with Crippen LogP contribution in [0.1, 0.15) is 24.1 Å². The molecule has 5 nitrogen and oxygen atoms in total. The van der Waals surface area contributed by atoms with E-state index in [0.29, 0.717) is 6.54 Å². The Bertz CT molecular complexity index is 737. The third kappa shape index (κ3) is 3.31. The molecule has 2 N–H and O–H groups in total. The fourth-order valence-corrected chi connectivity index (χ4v) is 2.86. The van der Waals surface area contributed by atoms with Gasteiger partial charge in [-0.1, -0.05) is 0 Å². The number of amides is 1. The first-order valence-electron chi connectivity index (χ1n) is 7.79. The number of aryl methyl sites for hydroxylation is 1. The Balaban J connectivity index is 1.60. The van der Waals surface area contributed by atoms with Crippen molar-refractivity contribution in [3.63, 3.8) is 0 Å². The van der Waals surface area contributed by atoms with Crippen molar-refractivity contribution in [2.75, 3.05) is 6.61 Å². The summed E-state index contributed by atoms with van der Waals surface area (Å²) in [6.45, 7) is 1.57. The SMILES string of the molecule is Cc1nn(-c2ccc(F)cc2)cc1CNC(=O)C1CC(F)(CO)C1. The first-order chi connectivity index (χ1) is 11.4. The first-order valence-corrected chi connectivity index (χ1v) is 7.79. The maximum Gasteiger partial charge on any atom is 0.223 e. The molecule has 1 aliphatic rings. The maximum absolute atomic E-state index is 13.6.